The van der Waals surface area contributed by atoms with E-state index in [1.165, 1.54) is 0 Å². The Kier molecular flexibility index (Phi) is 3.49. The van der Waals surface area contributed by atoms with Gasteiger partial charge in [0.25, 0.3) is 0 Å². The molecule has 1 aliphatic heterocycles. The molecule has 0 aromatic carbocycles. The Labute approximate surface area is 114 Å². The van der Waals surface area contributed by atoms with Crippen molar-refractivity contribution in [3.63, 3.8) is 0 Å². The third-order valence-electron chi connectivity index (χ3n) is 3.81. The lowest BCUT2D eigenvalue weighted by Gasteiger charge is -2.32. The maximum Gasteiger partial charge on any atom is 0.498 e. The highest BCUT2D eigenvalue weighted by molar-refractivity contribution is 6.63. The van der Waals surface area contributed by atoms with Gasteiger partial charge in [0.2, 0.25) is 5.88 Å². The zero-order valence-electron chi connectivity index (χ0n) is 12.3. The normalized spacial score (nSPS) is 20.4. The fraction of sp³-hybridized carbons (Fsp3) is 0.615. The molecule has 1 aromatic rings. The van der Waals surface area contributed by atoms with Crippen LogP contribution in [0, 0.1) is 0 Å². The molecule has 0 radical (unpaired) electrons. The standard InChI is InChI=1S/C13H20BNO4/c1-12(2)13(3,4)19-14(18-12)9-7-11(17-6)15-8-10(9)16-5/h7-8H,1-6H3. The van der Waals surface area contributed by atoms with Crippen molar-refractivity contribution in [2.45, 2.75) is 38.9 Å². The SMILES string of the molecule is COc1cc(B2OC(C)(C)C(C)(C)O2)c(OC)cn1. The van der Waals surface area contributed by atoms with Crippen molar-refractivity contribution in [3.8, 4) is 11.6 Å². The first kappa shape index (κ1) is 14.2. The molecule has 104 valence electrons. The lowest BCUT2D eigenvalue weighted by Crippen LogP contribution is -2.41. The van der Waals surface area contributed by atoms with Crippen LogP contribution >= 0.6 is 0 Å². The van der Waals surface area contributed by atoms with E-state index >= 15 is 0 Å². The number of ether oxygens (including phenoxy) is 2. The molecule has 1 fully saturated rings. The molecule has 1 aliphatic rings. The molecule has 0 amide bonds. The van der Waals surface area contributed by atoms with E-state index in [2.05, 4.69) is 4.98 Å². The van der Waals surface area contributed by atoms with Gasteiger partial charge in [0.05, 0.1) is 31.6 Å². The van der Waals surface area contributed by atoms with Crippen LogP contribution in [0.4, 0.5) is 0 Å². The highest BCUT2D eigenvalue weighted by atomic mass is 16.7. The van der Waals surface area contributed by atoms with Crippen molar-refractivity contribution >= 4 is 12.6 Å². The second-order valence-corrected chi connectivity index (χ2v) is 5.56. The summed E-state index contributed by atoms with van der Waals surface area (Å²) in [5.41, 5.74) is 0.00579. The van der Waals surface area contributed by atoms with Crippen LogP contribution in [-0.2, 0) is 9.31 Å². The van der Waals surface area contributed by atoms with E-state index < -0.39 is 7.12 Å². The van der Waals surface area contributed by atoms with Crippen LogP contribution in [0.5, 0.6) is 11.6 Å². The van der Waals surface area contributed by atoms with Gasteiger partial charge in [0.15, 0.2) is 0 Å². The predicted octanol–water partition coefficient (Wildman–Crippen LogP) is 1.40. The van der Waals surface area contributed by atoms with Crippen LogP contribution in [0.15, 0.2) is 12.3 Å². The fourth-order valence-corrected chi connectivity index (χ4v) is 1.87. The highest BCUT2D eigenvalue weighted by Crippen LogP contribution is 2.37. The summed E-state index contributed by atoms with van der Waals surface area (Å²) in [6.45, 7) is 8.05. The number of pyridine rings is 1. The molecule has 5 nitrogen and oxygen atoms in total. The van der Waals surface area contributed by atoms with Crippen molar-refractivity contribution in [1.29, 1.82) is 0 Å². The van der Waals surface area contributed by atoms with E-state index in [4.69, 9.17) is 18.8 Å². The molecule has 0 bridgehead atoms. The minimum absolute atomic E-state index is 0.390. The number of methoxy groups -OCH3 is 2. The number of nitrogens with zero attached hydrogens (tertiary/aromatic N) is 1. The Bertz CT molecular complexity index is 460. The monoisotopic (exact) mass is 265 g/mol. The topological polar surface area (TPSA) is 49.8 Å². The van der Waals surface area contributed by atoms with Gasteiger partial charge in [-0.1, -0.05) is 0 Å². The summed E-state index contributed by atoms with van der Waals surface area (Å²) in [4.78, 5) is 4.11. The average Bonchev–Trinajstić information content (AvgIpc) is 2.57. The minimum atomic E-state index is -0.489. The fourth-order valence-electron chi connectivity index (χ4n) is 1.87. The molecule has 19 heavy (non-hydrogen) atoms. The van der Waals surface area contributed by atoms with Gasteiger partial charge in [-0.05, 0) is 27.7 Å². The molecule has 0 saturated carbocycles. The second kappa shape index (κ2) is 4.69. The van der Waals surface area contributed by atoms with E-state index in [9.17, 15) is 0 Å². The third-order valence-corrected chi connectivity index (χ3v) is 3.81. The zero-order chi connectivity index (χ0) is 14.3. The number of hydrogen-bond acceptors (Lipinski definition) is 5. The molecular formula is C13H20BNO4. The molecule has 0 atom stereocenters. The Hall–Kier alpha value is -1.27. The van der Waals surface area contributed by atoms with Crippen LogP contribution in [0.3, 0.4) is 0 Å². The summed E-state index contributed by atoms with van der Waals surface area (Å²) in [6, 6.07) is 1.78. The Morgan fingerprint density at radius 3 is 2.11 bits per heavy atom. The van der Waals surface area contributed by atoms with Gasteiger partial charge in [-0.25, -0.2) is 4.98 Å². The van der Waals surface area contributed by atoms with Crippen LogP contribution in [0.1, 0.15) is 27.7 Å². The Balaban J connectivity index is 2.38. The summed E-state index contributed by atoms with van der Waals surface area (Å²) in [7, 11) is 2.68. The van der Waals surface area contributed by atoms with E-state index in [0.717, 1.165) is 5.46 Å². The first-order valence-electron chi connectivity index (χ1n) is 6.24. The minimum Gasteiger partial charge on any atom is -0.495 e. The Morgan fingerprint density at radius 2 is 1.63 bits per heavy atom. The number of rotatable bonds is 3. The second-order valence-electron chi connectivity index (χ2n) is 5.56. The summed E-state index contributed by atoms with van der Waals surface area (Å²) < 4.78 is 22.5. The van der Waals surface area contributed by atoms with Gasteiger partial charge in [-0.2, -0.15) is 0 Å². The molecule has 6 heteroatoms. The van der Waals surface area contributed by atoms with Crippen LogP contribution in [0.2, 0.25) is 0 Å². The van der Waals surface area contributed by atoms with Crippen molar-refractivity contribution in [2.75, 3.05) is 14.2 Å². The molecule has 0 spiro atoms. The van der Waals surface area contributed by atoms with Crippen molar-refractivity contribution < 1.29 is 18.8 Å². The van der Waals surface area contributed by atoms with E-state index in [1.807, 2.05) is 27.7 Å². The van der Waals surface area contributed by atoms with E-state index in [-0.39, 0.29) is 11.2 Å². The molecule has 2 rings (SSSR count). The average molecular weight is 265 g/mol. The van der Waals surface area contributed by atoms with Crippen molar-refractivity contribution in [1.82, 2.24) is 4.98 Å². The molecule has 1 aromatic heterocycles. The van der Waals surface area contributed by atoms with Gasteiger partial charge >= 0.3 is 7.12 Å². The molecule has 2 heterocycles. The zero-order valence-corrected chi connectivity index (χ0v) is 12.3. The molecular weight excluding hydrogens is 245 g/mol. The predicted molar refractivity (Wildman–Crippen MR) is 73.1 cm³/mol. The van der Waals surface area contributed by atoms with Gasteiger partial charge in [0, 0.05) is 11.5 Å². The van der Waals surface area contributed by atoms with Gasteiger partial charge in [0.1, 0.15) is 5.75 Å². The quantitative estimate of drug-likeness (QED) is 0.773. The Morgan fingerprint density at radius 1 is 1.05 bits per heavy atom. The van der Waals surface area contributed by atoms with E-state index in [0.29, 0.717) is 11.6 Å². The highest BCUT2D eigenvalue weighted by Gasteiger charge is 2.52. The molecule has 1 saturated heterocycles. The first-order chi connectivity index (χ1) is 8.80. The van der Waals surface area contributed by atoms with Gasteiger partial charge in [-0.15, -0.1) is 0 Å². The summed E-state index contributed by atoms with van der Waals surface area (Å²) >= 11 is 0. The van der Waals surface area contributed by atoms with Crippen molar-refractivity contribution in [2.24, 2.45) is 0 Å². The number of hydrogen-bond donors (Lipinski definition) is 0. The molecule has 0 N–H and O–H groups in total. The maximum absolute atomic E-state index is 6.01. The van der Waals surface area contributed by atoms with Gasteiger partial charge < -0.3 is 18.8 Å². The largest absolute Gasteiger partial charge is 0.498 e. The smallest absolute Gasteiger partial charge is 0.495 e. The lowest BCUT2D eigenvalue weighted by molar-refractivity contribution is 0.00578. The maximum atomic E-state index is 6.01. The van der Waals surface area contributed by atoms with Crippen molar-refractivity contribution in [3.05, 3.63) is 12.3 Å². The molecule has 0 unspecified atom stereocenters. The van der Waals surface area contributed by atoms with Crippen LogP contribution in [-0.4, -0.2) is 37.5 Å². The molecule has 0 aliphatic carbocycles. The van der Waals surface area contributed by atoms with Crippen LogP contribution < -0.4 is 14.9 Å². The summed E-state index contributed by atoms with van der Waals surface area (Å²) in [6.07, 6.45) is 1.61. The van der Waals surface area contributed by atoms with Crippen LogP contribution in [0.25, 0.3) is 0 Å². The van der Waals surface area contributed by atoms with Gasteiger partial charge in [-0.3, -0.25) is 0 Å². The summed E-state index contributed by atoms with van der Waals surface area (Å²) in [5.74, 6) is 1.13. The lowest BCUT2D eigenvalue weighted by atomic mass is 9.79. The third kappa shape index (κ3) is 2.42. The first-order valence-corrected chi connectivity index (χ1v) is 6.24. The summed E-state index contributed by atoms with van der Waals surface area (Å²) in [5, 5.41) is 0. The number of aromatic nitrogens is 1. The van der Waals surface area contributed by atoms with E-state index in [1.54, 1.807) is 26.5 Å².